The van der Waals surface area contributed by atoms with Gasteiger partial charge in [0, 0.05) is 11.5 Å². The zero-order chi connectivity index (χ0) is 9.42. The second kappa shape index (κ2) is 2.73. The first-order valence-electron chi connectivity index (χ1n) is 3.74. The molecule has 2 aromatic rings. The summed E-state index contributed by atoms with van der Waals surface area (Å²) in [6, 6.07) is 5.85. The van der Waals surface area contributed by atoms with Crippen molar-refractivity contribution in [1.29, 1.82) is 0 Å². The summed E-state index contributed by atoms with van der Waals surface area (Å²) in [5.41, 5.74) is 0.178. The topological polar surface area (TPSA) is 14.2 Å². The molecule has 13 heavy (non-hydrogen) atoms. The summed E-state index contributed by atoms with van der Waals surface area (Å²) < 4.78 is 30.7. The van der Waals surface area contributed by atoms with E-state index in [1.54, 1.807) is 12.1 Å². The lowest BCUT2D eigenvalue weighted by molar-refractivity contribution is 0.313. The zero-order valence-electron chi connectivity index (χ0n) is 6.92. The minimum Gasteiger partial charge on any atom is -0.496 e. The van der Waals surface area contributed by atoms with E-state index in [4.69, 9.17) is 4.74 Å². The standard InChI is InChI=1S/C9H7F2NO/c1-13-8-4-2-3-7-6(8)5-9(10)12(7)11/h2-5H,1H3. The van der Waals surface area contributed by atoms with Crippen LogP contribution in [0.15, 0.2) is 24.3 Å². The number of hydrogen-bond donors (Lipinski definition) is 0. The third-order valence-electron chi connectivity index (χ3n) is 1.93. The van der Waals surface area contributed by atoms with Crippen LogP contribution in [-0.2, 0) is 0 Å². The van der Waals surface area contributed by atoms with Crippen LogP contribution in [0.2, 0.25) is 0 Å². The number of methoxy groups -OCH3 is 1. The number of benzene rings is 1. The average Bonchev–Trinajstić information content (AvgIpc) is 2.43. The van der Waals surface area contributed by atoms with Crippen LogP contribution in [-0.4, -0.2) is 11.9 Å². The Hall–Kier alpha value is -1.58. The van der Waals surface area contributed by atoms with Gasteiger partial charge in [0.15, 0.2) is 0 Å². The Bertz CT molecular complexity index is 450. The molecule has 68 valence electrons. The van der Waals surface area contributed by atoms with E-state index in [0.29, 0.717) is 11.1 Å². The predicted molar refractivity (Wildman–Crippen MR) is 45.0 cm³/mol. The first kappa shape index (κ1) is 8.04. The van der Waals surface area contributed by atoms with Gasteiger partial charge >= 0.3 is 0 Å². The maximum atomic E-state index is 13.0. The molecule has 1 aromatic heterocycles. The molecule has 1 heterocycles. The van der Waals surface area contributed by atoms with Crippen LogP contribution < -0.4 is 4.74 Å². The third kappa shape index (κ3) is 1.06. The lowest BCUT2D eigenvalue weighted by Crippen LogP contribution is -1.85. The molecule has 0 amide bonds. The van der Waals surface area contributed by atoms with Crippen molar-refractivity contribution in [1.82, 2.24) is 4.79 Å². The molecule has 0 unspecified atom stereocenters. The van der Waals surface area contributed by atoms with Crippen molar-refractivity contribution in [2.75, 3.05) is 7.11 Å². The monoisotopic (exact) mass is 183 g/mol. The van der Waals surface area contributed by atoms with Crippen LogP contribution in [0.3, 0.4) is 0 Å². The van der Waals surface area contributed by atoms with Crippen LogP contribution in [0.1, 0.15) is 0 Å². The quantitative estimate of drug-likeness (QED) is 0.662. The van der Waals surface area contributed by atoms with Gasteiger partial charge in [-0.1, -0.05) is 10.5 Å². The SMILES string of the molecule is COc1cccc2c1cc(F)n2F. The second-order valence-corrected chi connectivity index (χ2v) is 2.64. The van der Waals surface area contributed by atoms with Crippen molar-refractivity contribution in [3.8, 4) is 5.75 Å². The lowest BCUT2D eigenvalue weighted by Gasteiger charge is -1.99. The molecule has 1 aromatic carbocycles. The zero-order valence-corrected chi connectivity index (χ0v) is 6.92. The van der Waals surface area contributed by atoms with Crippen molar-refractivity contribution >= 4 is 10.9 Å². The maximum Gasteiger partial charge on any atom is 0.223 e. The van der Waals surface area contributed by atoms with Crippen LogP contribution >= 0.6 is 0 Å². The van der Waals surface area contributed by atoms with Crippen LogP contribution in [0, 0.1) is 5.95 Å². The van der Waals surface area contributed by atoms with Crippen molar-refractivity contribution in [3.63, 3.8) is 0 Å². The van der Waals surface area contributed by atoms with Crippen molar-refractivity contribution in [2.45, 2.75) is 0 Å². The van der Waals surface area contributed by atoms with Gasteiger partial charge in [0.05, 0.1) is 12.6 Å². The molecule has 0 saturated heterocycles. The first-order chi connectivity index (χ1) is 6.24. The summed E-state index contributed by atoms with van der Waals surface area (Å²) in [5.74, 6) is -0.452. The van der Waals surface area contributed by atoms with E-state index in [-0.39, 0.29) is 10.3 Å². The highest BCUT2D eigenvalue weighted by atomic mass is 19.2. The smallest absolute Gasteiger partial charge is 0.223 e. The van der Waals surface area contributed by atoms with E-state index in [0.717, 1.165) is 6.07 Å². The van der Waals surface area contributed by atoms with Crippen molar-refractivity contribution < 1.29 is 13.6 Å². The fourth-order valence-electron chi connectivity index (χ4n) is 1.32. The van der Waals surface area contributed by atoms with Gasteiger partial charge in [0.25, 0.3) is 0 Å². The van der Waals surface area contributed by atoms with E-state index < -0.39 is 5.95 Å². The van der Waals surface area contributed by atoms with Crippen LogP contribution in [0.25, 0.3) is 10.9 Å². The van der Waals surface area contributed by atoms with Gasteiger partial charge in [-0.2, -0.15) is 9.18 Å². The number of halogens is 2. The first-order valence-corrected chi connectivity index (χ1v) is 3.74. The van der Waals surface area contributed by atoms with E-state index in [1.165, 1.54) is 13.2 Å². The maximum absolute atomic E-state index is 13.0. The normalized spacial score (nSPS) is 10.7. The Kier molecular flexibility index (Phi) is 1.69. The highest BCUT2D eigenvalue weighted by Crippen LogP contribution is 2.27. The third-order valence-corrected chi connectivity index (χ3v) is 1.93. The Balaban J connectivity index is 2.84. The van der Waals surface area contributed by atoms with E-state index in [2.05, 4.69) is 0 Å². The van der Waals surface area contributed by atoms with Gasteiger partial charge in [-0.05, 0) is 12.1 Å². The number of rotatable bonds is 1. The molecule has 0 bridgehead atoms. The molecule has 0 aliphatic heterocycles. The molecule has 4 heteroatoms. The van der Waals surface area contributed by atoms with Gasteiger partial charge in [-0.3, -0.25) is 0 Å². The average molecular weight is 183 g/mol. The molecule has 0 N–H and O–H groups in total. The molecule has 0 atom stereocenters. The minimum absolute atomic E-state index is 0.00213. The molecule has 0 saturated carbocycles. The summed E-state index contributed by atoms with van der Waals surface area (Å²) in [4.78, 5) is -0.00213. The molecule has 0 fully saturated rings. The molecule has 2 nitrogen and oxygen atoms in total. The fraction of sp³-hybridized carbons (Fsp3) is 0.111. The summed E-state index contributed by atoms with van der Waals surface area (Å²) >= 11 is 0. The molecular weight excluding hydrogens is 176 g/mol. The van der Waals surface area contributed by atoms with E-state index >= 15 is 0 Å². The van der Waals surface area contributed by atoms with Gasteiger partial charge < -0.3 is 4.74 Å². The predicted octanol–water partition coefficient (Wildman–Crippen LogP) is 2.52. The summed E-state index contributed by atoms with van der Waals surface area (Å²) in [5, 5.41) is 0.435. The van der Waals surface area contributed by atoms with Gasteiger partial charge in [-0.15, -0.1) is 0 Å². The van der Waals surface area contributed by atoms with Crippen LogP contribution in [0.4, 0.5) is 8.87 Å². The molecule has 0 aliphatic rings. The number of hydrogen-bond acceptors (Lipinski definition) is 1. The highest BCUT2D eigenvalue weighted by molar-refractivity contribution is 5.86. The Labute approximate surface area is 73.3 Å². The number of fused-ring (bicyclic) bond motifs is 1. The summed E-state index contributed by atoms with van der Waals surface area (Å²) in [6.45, 7) is 0. The van der Waals surface area contributed by atoms with Gasteiger partial charge in [0.2, 0.25) is 5.95 Å². The lowest BCUT2D eigenvalue weighted by atomic mass is 10.2. The van der Waals surface area contributed by atoms with Crippen molar-refractivity contribution in [2.24, 2.45) is 0 Å². The van der Waals surface area contributed by atoms with Crippen molar-refractivity contribution in [3.05, 3.63) is 30.2 Å². The molecule has 0 spiro atoms. The Morgan fingerprint density at radius 3 is 2.85 bits per heavy atom. The Morgan fingerprint density at radius 1 is 1.38 bits per heavy atom. The van der Waals surface area contributed by atoms with E-state index in [1.807, 2.05) is 0 Å². The number of ether oxygens (including phenoxy) is 1. The molecule has 0 aliphatic carbocycles. The summed E-state index contributed by atoms with van der Waals surface area (Å²) in [7, 11) is 1.46. The molecule has 2 rings (SSSR count). The Morgan fingerprint density at radius 2 is 2.15 bits per heavy atom. The molecular formula is C9H7F2NO. The van der Waals surface area contributed by atoms with E-state index in [9.17, 15) is 8.87 Å². The summed E-state index contributed by atoms with van der Waals surface area (Å²) in [6.07, 6.45) is 0. The second-order valence-electron chi connectivity index (χ2n) is 2.64. The minimum atomic E-state index is -0.917. The van der Waals surface area contributed by atoms with Gasteiger partial charge in [-0.25, -0.2) is 0 Å². The highest BCUT2D eigenvalue weighted by Gasteiger charge is 2.10. The molecule has 0 radical (unpaired) electrons. The fourth-order valence-corrected chi connectivity index (χ4v) is 1.32. The number of aromatic nitrogens is 1. The number of nitrogens with zero attached hydrogens (tertiary/aromatic N) is 1. The van der Waals surface area contributed by atoms with Crippen LogP contribution in [0.5, 0.6) is 5.75 Å². The van der Waals surface area contributed by atoms with Gasteiger partial charge in [0.1, 0.15) is 5.75 Å². The largest absolute Gasteiger partial charge is 0.496 e.